The monoisotopic (exact) mass is 411 g/mol. The predicted octanol–water partition coefficient (Wildman–Crippen LogP) is 5.74. The van der Waals surface area contributed by atoms with Gasteiger partial charge in [0, 0.05) is 11.3 Å². The highest BCUT2D eigenvalue weighted by molar-refractivity contribution is 6.51. The summed E-state index contributed by atoms with van der Waals surface area (Å²) in [5.41, 5.74) is 4.23. The molecule has 1 fully saturated rings. The van der Waals surface area contributed by atoms with Gasteiger partial charge in [-0.2, -0.15) is 0 Å². The van der Waals surface area contributed by atoms with E-state index in [9.17, 15) is 14.7 Å². The van der Waals surface area contributed by atoms with Crippen LogP contribution in [0, 0.1) is 6.92 Å². The van der Waals surface area contributed by atoms with Gasteiger partial charge < -0.3 is 5.11 Å². The Bertz CT molecular complexity index is 1140. The second kappa shape index (κ2) is 8.23. The van der Waals surface area contributed by atoms with E-state index in [4.69, 9.17) is 0 Å². The van der Waals surface area contributed by atoms with E-state index < -0.39 is 17.7 Å². The van der Waals surface area contributed by atoms with Gasteiger partial charge in [0.05, 0.1) is 11.6 Å². The van der Waals surface area contributed by atoms with E-state index in [0.717, 1.165) is 11.1 Å². The van der Waals surface area contributed by atoms with Crippen LogP contribution < -0.4 is 4.90 Å². The molecule has 1 saturated heterocycles. The van der Waals surface area contributed by atoms with Crippen molar-refractivity contribution in [3.05, 3.63) is 107 Å². The molecule has 31 heavy (non-hydrogen) atoms. The van der Waals surface area contributed by atoms with Crippen LogP contribution in [0.1, 0.15) is 48.1 Å². The first-order valence-electron chi connectivity index (χ1n) is 10.4. The molecule has 1 amide bonds. The van der Waals surface area contributed by atoms with Crippen LogP contribution in [0.15, 0.2) is 84.4 Å². The van der Waals surface area contributed by atoms with Crippen molar-refractivity contribution in [2.24, 2.45) is 0 Å². The summed E-state index contributed by atoms with van der Waals surface area (Å²) in [4.78, 5) is 27.7. The molecule has 4 heteroatoms. The number of nitrogens with zero attached hydrogens (tertiary/aromatic N) is 1. The highest BCUT2D eigenvalue weighted by Gasteiger charge is 2.46. The molecule has 156 valence electrons. The van der Waals surface area contributed by atoms with E-state index in [1.165, 1.54) is 10.5 Å². The van der Waals surface area contributed by atoms with E-state index in [2.05, 4.69) is 13.8 Å². The van der Waals surface area contributed by atoms with Crippen molar-refractivity contribution in [1.29, 1.82) is 0 Å². The van der Waals surface area contributed by atoms with Gasteiger partial charge in [0.25, 0.3) is 11.7 Å². The molecule has 1 aliphatic rings. The van der Waals surface area contributed by atoms with Crippen molar-refractivity contribution in [2.45, 2.75) is 32.7 Å². The lowest BCUT2D eigenvalue weighted by Crippen LogP contribution is -2.29. The lowest BCUT2D eigenvalue weighted by molar-refractivity contribution is -0.132. The Kier molecular flexibility index (Phi) is 5.47. The van der Waals surface area contributed by atoms with Crippen LogP contribution >= 0.6 is 0 Å². The Labute approximate surface area is 182 Å². The number of carbonyl (C=O) groups excluding carboxylic acids is 2. The molecule has 1 N–H and O–H groups in total. The summed E-state index contributed by atoms with van der Waals surface area (Å²) in [7, 11) is 0. The van der Waals surface area contributed by atoms with Crippen molar-refractivity contribution in [2.75, 3.05) is 4.90 Å². The summed E-state index contributed by atoms with van der Waals surface area (Å²) in [6.07, 6.45) is 0. The Morgan fingerprint density at radius 2 is 1.48 bits per heavy atom. The van der Waals surface area contributed by atoms with Crippen molar-refractivity contribution in [3.8, 4) is 0 Å². The minimum Gasteiger partial charge on any atom is -0.507 e. The van der Waals surface area contributed by atoms with E-state index >= 15 is 0 Å². The number of aryl methyl sites for hydroxylation is 1. The first kappa shape index (κ1) is 20.6. The number of aliphatic hydroxyl groups is 1. The van der Waals surface area contributed by atoms with Crippen molar-refractivity contribution >= 4 is 23.1 Å². The Morgan fingerprint density at radius 1 is 0.871 bits per heavy atom. The molecular formula is C27H25NO3. The normalized spacial score (nSPS) is 18.1. The number of ketones is 1. The highest BCUT2D eigenvalue weighted by atomic mass is 16.3. The standard InChI is InChI=1S/C27H25NO3/c1-17(2)19-13-15-20(16-14-19)24-23(25(29)21-11-9-18(3)10-12-21)26(30)27(31)28(24)22-7-5-4-6-8-22/h4-17,24,29H,1-3H3/b25-23+. The average molecular weight is 412 g/mol. The summed E-state index contributed by atoms with van der Waals surface area (Å²) in [6, 6.07) is 23.6. The summed E-state index contributed by atoms with van der Waals surface area (Å²) < 4.78 is 0. The van der Waals surface area contributed by atoms with Crippen molar-refractivity contribution < 1.29 is 14.7 Å². The van der Waals surface area contributed by atoms with Gasteiger partial charge in [0.1, 0.15) is 5.76 Å². The van der Waals surface area contributed by atoms with Crippen LogP contribution in [-0.2, 0) is 9.59 Å². The average Bonchev–Trinajstić information content (AvgIpc) is 3.05. The molecule has 1 aliphatic heterocycles. The third kappa shape index (κ3) is 3.77. The summed E-state index contributed by atoms with van der Waals surface area (Å²) >= 11 is 0. The number of carbonyl (C=O) groups is 2. The van der Waals surface area contributed by atoms with Crippen molar-refractivity contribution in [1.82, 2.24) is 0 Å². The van der Waals surface area contributed by atoms with Gasteiger partial charge in [0.15, 0.2) is 0 Å². The van der Waals surface area contributed by atoms with E-state index in [1.807, 2.05) is 61.5 Å². The second-order valence-electron chi connectivity index (χ2n) is 8.19. The zero-order chi connectivity index (χ0) is 22.1. The number of hydrogen-bond acceptors (Lipinski definition) is 3. The third-order valence-electron chi connectivity index (χ3n) is 5.72. The first-order valence-corrected chi connectivity index (χ1v) is 10.4. The molecule has 0 aliphatic carbocycles. The maximum atomic E-state index is 13.1. The topological polar surface area (TPSA) is 57.6 Å². The molecule has 1 unspecified atom stereocenters. The lowest BCUT2D eigenvalue weighted by Gasteiger charge is -2.25. The molecule has 0 radical (unpaired) electrons. The smallest absolute Gasteiger partial charge is 0.300 e. The fraction of sp³-hybridized carbons (Fsp3) is 0.185. The zero-order valence-electron chi connectivity index (χ0n) is 17.9. The van der Waals surface area contributed by atoms with Crippen LogP contribution in [-0.4, -0.2) is 16.8 Å². The van der Waals surface area contributed by atoms with Crippen LogP contribution in [0.4, 0.5) is 5.69 Å². The number of para-hydroxylation sites is 1. The maximum Gasteiger partial charge on any atom is 0.300 e. The molecule has 0 saturated carbocycles. The number of amides is 1. The Hall–Kier alpha value is -3.66. The first-order chi connectivity index (χ1) is 14.9. The fourth-order valence-corrected chi connectivity index (χ4v) is 3.93. The molecular weight excluding hydrogens is 386 g/mol. The minimum atomic E-state index is -0.704. The molecule has 3 aromatic carbocycles. The van der Waals surface area contributed by atoms with Gasteiger partial charge in [-0.25, -0.2) is 0 Å². The quantitative estimate of drug-likeness (QED) is 0.338. The van der Waals surface area contributed by atoms with Crippen LogP contribution in [0.5, 0.6) is 0 Å². The van der Waals surface area contributed by atoms with Gasteiger partial charge in [-0.05, 0) is 36.1 Å². The molecule has 4 nitrogen and oxygen atoms in total. The van der Waals surface area contributed by atoms with Gasteiger partial charge in [-0.15, -0.1) is 0 Å². The second-order valence-corrected chi connectivity index (χ2v) is 8.19. The van der Waals surface area contributed by atoms with Gasteiger partial charge in [-0.3, -0.25) is 14.5 Å². The Morgan fingerprint density at radius 3 is 2.06 bits per heavy atom. The largest absolute Gasteiger partial charge is 0.507 e. The van der Waals surface area contributed by atoms with E-state index in [1.54, 1.807) is 24.3 Å². The minimum absolute atomic E-state index is 0.106. The predicted molar refractivity (Wildman–Crippen MR) is 123 cm³/mol. The molecule has 4 rings (SSSR count). The highest BCUT2D eigenvalue weighted by Crippen LogP contribution is 2.42. The van der Waals surface area contributed by atoms with Crippen LogP contribution in [0.3, 0.4) is 0 Å². The van der Waals surface area contributed by atoms with E-state index in [-0.39, 0.29) is 11.3 Å². The number of aliphatic hydroxyl groups excluding tert-OH is 1. The van der Waals surface area contributed by atoms with Gasteiger partial charge in [0.2, 0.25) is 0 Å². The van der Waals surface area contributed by atoms with E-state index in [0.29, 0.717) is 17.2 Å². The Balaban J connectivity index is 1.91. The number of hydrogen-bond donors (Lipinski definition) is 1. The number of Topliss-reactive ketones (excluding diaryl/α,β-unsaturated/α-hetero) is 1. The molecule has 0 bridgehead atoms. The lowest BCUT2D eigenvalue weighted by atomic mass is 9.93. The fourth-order valence-electron chi connectivity index (χ4n) is 3.93. The molecule has 1 atom stereocenters. The van der Waals surface area contributed by atoms with Gasteiger partial charge >= 0.3 is 0 Å². The maximum absolute atomic E-state index is 13.1. The van der Waals surface area contributed by atoms with Gasteiger partial charge in [-0.1, -0.05) is 86.1 Å². The molecule has 0 aromatic heterocycles. The molecule has 3 aromatic rings. The summed E-state index contributed by atoms with van der Waals surface area (Å²) in [5, 5.41) is 11.1. The third-order valence-corrected chi connectivity index (χ3v) is 5.72. The summed E-state index contributed by atoms with van der Waals surface area (Å²) in [6.45, 7) is 6.18. The number of rotatable bonds is 4. The van der Waals surface area contributed by atoms with Crippen molar-refractivity contribution in [3.63, 3.8) is 0 Å². The van der Waals surface area contributed by atoms with Crippen LogP contribution in [0.25, 0.3) is 5.76 Å². The summed E-state index contributed by atoms with van der Waals surface area (Å²) in [5.74, 6) is -1.12. The number of benzene rings is 3. The molecule has 1 heterocycles. The van der Waals surface area contributed by atoms with Crippen LogP contribution in [0.2, 0.25) is 0 Å². The SMILES string of the molecule is Cc1ccc(/C(O)=C2\C(=O)C(=O)N(c3ccccc3)C2c2ccc(C(C)C)cc2)cc1. The number of anilines is 1. The molecule has 0 spiro atoms. The zero-order valence-corrected chi connectivity index (χ0v) is 17.9.